The molecule has 2 nitrogen and oxygen atoms in total. The Morgan fingerprint density at radius 1 is 0.269 bits per heavy atom. The average molecular weight is 735 g/mol. The van der Waals surface area contributed by atoms with E-state index in [4.69, 9.17) is 0 Å². The maximum absolute atomic E-state index is 2.50. The highest BCUT2D eigenvalue weighted by Crippen LogP contribution is 2.54. The highest BCUT2D eigenvalue weighted by atomic mass is 32.2. The largest absolute Gasteiger partial charge is 0.309 e. The second-order valence-electron chi connectivity index (χ2n) is 13.2. The summed E-state index contributed by atoms with van der Waals surface area (Å²) in [6.45, 7) is 0. The maximum atomic E-state index is 2.50. The van der Waals surface area contributed by atoms with Crippen LogP contribution in [-0.4, -0.2) is 9.13 Å². The molecular formula is C46H26N2S4. The fourth-order valence-corrected chi connectivity index (χ4v) is 13.1. The van der Waals surface area contributed by atoms with Crippen LogP contribution in [0.25, 0.3) is 65.8 Å². The number of benzene rings is 8. The van der Waals surface area contributed by atoms with Gasteiger partial charge in [-0.05, 0) is 72.8 Å². The Bertz CT molecular complexity index is 2940. The predicted molar refractivity (Wildman–Crippen MR) is 222 cm³/mol. The molecule has 0 amide bonds. The van der Waals surface area contributed by atoms with Gasteiger partial charge in [0.1, 0.15) is 0 Å². The molecule has 0 saturated heterocycles. The first-order valence-electron chi connectivity index (χ1n) is 17.3. The summed E-state index contributed by atoms with van der Waals surface area (Å²) in [7, 11) is 0. The smallest absolute Gasteiger partial charge is 0.0553 e. The van der Waals surface area contributed by atoms with E-state index in [9.17, 15) is 0 Å². The summed E-state index contributed by atoms with van der Waals surface area (Å²) in [5, 5.41) is 7.71. The summed E-state index contributed by atoms with van der Waals surface area (Å²) in [6, 6.07) is 58.4. The third-order valence-electron chi connectivity index (χ3n) is 10.4. The van der Waals surface area contributed by atoms with Crippen LogP contribution in [0, 0.1) is 0 Å². The van der Waals surface area contributed by atoms with Crippen LogP contribution in [0.2, 0.25) is 0 Å². The van der Waals surface area contributed by atoms with Crippen molar-refractivity contribution in [2.24, 2.45) is 0 Å². The van der Waals surface area contributed by atoms with Gasteiger partial charge in [-0.15, -0.1) is 0 Å². The van der Waals surface area contributed by atoms with Crippen LogP contribution < -0.4 is 0 Å². The van der Waals surface area contributed by atoms with Crippen LogP contribution in [0.15, 0.2) is 197 Å². The van der Waals surface area contributed by atoms with Crippen LogP contribution in [0.4, 0.5) is 0 Å². The fourth-order valence-electron chi connectivity index (χ4n) is 8.25. The van der Waals surface area contributed by atoms with E-state index >= 15 is 0 Å². The maximum Gasteiger partial charge on any atom is 0.0553 e. The van der Waals surface area contributed by atoms with Crippen molar-refractivity contribution in [3.8, 4) is 11.4 Å². The topological polar surface area (TPSA) is 9.86 Å². The van der Waals surface area contributed by atoms with Crippen LogP contribution >= 0.6 is 47.0 Å². The van der Waals surface area contributed by atoms with Gasteiger partial charge < -0.3 is 9.13 Å². The van der Waals surface area contributed by atoms with E-state index in [0.29, 0.717) is 0 Å². The second-order valence-corrected chi connectivity index (χ2v) is 17.5. The van der Waals surface area contributed by atoms with Crippen molar-refractivity contribution < 1.29 is 0 Å². The Labute approximate surface area is 316 Å². The van der Waals surface area contributed by atoms with Gasteiger partial charge in [0.2, 0.25) is 0 Å². The van der Waals surface area contributed by atoms with E-state index in [2.05, 4.69) is 167 Å². The van der Waals surface area contributed by atoms with E-state index < -0.39 is 0 Å². The van der Waals surface area contributed by atoms with Crippen molar-refractivity contribution in [1.82, 2.24) is 9.13 Å². The zero-order chi connectivity index (χ0) is 33.9. The van der Waals surface area contributed by atoms with E-state index in [1.807, 2.05) is 47.0 Å². The van der Waals surface area contributed by atoms with E-state index in [-0.39, 0.29) is 0 Å². The minimum Gasteiger partial charge on any atom is -0.309 e. The number of rotatable bonds is 2. The number of hydrogen-bond donors (Lipinski definition) is 0. The van der Waals surface area contributed by atoms with E-state index in [1.165, 1.54) is 105 Å². The molecule has 10 aromatic rings. The highest BCUT2D eigenvalue weighted by Gasteiger charge is 2.26. The van der Waals surface area contributed by atoms with Gasteiger partial charge in [-0.2, -0.15) is 0 Å². The molecule has 2 aromatic heterocycles. The van der Waals surface area contributed by atoms with Gasteiger partial charge in [-0.25, -0.2) is 0 Å². The molecule has 0 bridgehead atoms. The van der Waals surface area contributed by atoms with Gasteiger partial charge in [0.05, 0.1) is 33.4 Å². The summed E-state index contributed by atoms with van der Waals surface area (Å²) < 4.78 is 4.99. The lowest BCUT2D eigenvalue weighted by Gasteiger charge is -2.20. The molecule has 2 aliphatic rings. The average Bonchev–Trinajstić information content (AvgIpc) is 3.72. The third-order valence-corrected chi connectivity index (χ3v) is 15.6. The molecule has 2 aliphatic heterocycles. The van der Waals surface area contributed by atoms with Crippen LogP contribution in [0.1, 0.15) is 0 Å². The SMILES string of the molecule is c1ccc2c(c1)Sc1ccc3c(c1S2)c1ccccc1n3-c1ccc(-n2c3ccccc3c3c4c(ccc32)Sc2ccccc2S4)c2ccccc12. The lowest BCUT2D eigenvalue weighted by Crippen LogP contribution is -2.00. The number of nitrogens with zero attached hydrogens (tertiary/aromatic N) is 2. The quantitative estimate of drug-likeness (QED) is 0.175. The number of para-hydroxylation sites is 2. The minimum absolute atomic E-state index is 1.20. The molecule has 0 radical (unpaired) electrons. The predicted octanol–water partition coefficient (Wildman–Crippen LogP) is 14.3. The first-order chi connectivity index (χ1) is 25.8. The van der Waals surface area contributed by atoms with Crippen LogP contribution in [0.3, 0.4) is 0 Å². The minimum atomic E-state index is 1.20. The summed E-state index contributed by atoms with van der Waals surface area (Å²) in [6.07, 6.45) is 0. The molecule has 4 heterocycles. The molecular weight excluding hydrogens is 709 g/mol. The first kappa shape index (κ1) is 29.6. The summed E-state index contributed by atoms with van der Waals surface area (Å²) in [4.78, 5) is 10.7. The first-order valence-corrected chi connectivity index (χ1v) is 20.6. The Hall–Kier alpha value is -4.98. The molecule has 0 N–H and O–H groups in total. The molecule has 12 rings (SSSR count). The van der Waals surface area contributed by atoms with Crippen LogP contribution in [0.5, 0.6) is 0 Å². The molecule has 0 saturated carbocycles. The zero-order valence-corrected chi connectivity index (χ0v) is 30.8. The Balaban J connectivity index is 1.11. The van der Waals surface area contributed by atoms with Crippen molar-refractivity contribution in [1.29, 1.82) is 0 Å². The van der Waals surface area contributed by atoms with Gasteiger partial charge in [0, 0.05) is 71.5 Å². The van der Waals surface area contributed by atoms with Gasteiger partial charge >= 0.3 is 0 Å². The Morgan fingerprint density at radius 2 is 0.635 bits per heavy atom. The van der Waals surface area contributed by atoms with Crippen molar-refractivity contribution in [2.75, 3.05) is 0 Å². The standard InChI is InChI=1S/C46H26N2S4/c1-2-12-28-27(11-1)33(47-31-15-5-3-13-29(31)43-35(47)23-25-41-45(43)51-39-19-9-7-17-37(39)49-41)21-22-34(28)48-32-16-6-4-14-30(32)44-36(48)24-26-42-46(44)52-40-20-10-8-18-38(40)50-42/h1-26H. The molecule has 0 aliphatic carbocycles. The zero-order valence-electron chi connectivity index (χ0n) is 27.5. The normalized spacial score (nSPS) is 13.5. The molecule has 0 unspecified atom stereocenters. The summed E-state index contributed by atoms with van der Waals surface area (Å²) in [5.41, 5.74) is 7.33. The molecule has 0 atom stereocenters. The molecule has 6 heteroatoms. The third kappa shape index (κ3) is 4.15. The monoisotopic (exact) mass is 734 g/mol. The number of hydrogen-bond acceptors (Lipinski definition) is 4. The molecule has 0 fully saturated rings. The molecule has 0 spiro atoms. The lowest BCUT2D eigenvalue weighted by atomic mass is 10.1. The van der Waals surface area contributed by atoms with Crippen molar-refractivity contribution in [2.45, 2.75) is 39.2 Å². The fraction of sp³-hybridized carbons (Fsp3) is 0. The van der Waals surface area contributed by atoms with Crippen molar-refractivity contribution >= 4 is 101 Å². The molecule has 8 aromatic carbocycles. The summed E-state index contributed by atoms with van der Waals surface area (Å²) in [5.74, 6) is 0. The van der Waals surface area contributed by atoms with Crippen molar-refractivity contribution in [3.63, 3.8) is 0 Å². The number of fused-ring (bicyclic) bond motifs is 13. The van der Waals surface area contributed by atoms with Gasteiger partial charge in [0.25, 0.3) is 0 Å². The Kier molecular flexibility index (Phi) is 6.40. The second kappa shape index (κ2) is 11.3. The summed E-state index contributed by atoms with van der Waals surface area (Å²) >= 11 is 7.58. The van der Waals surface area contributed by atoms with Crippen LogP contribution in [-0.2, 0) is 0 Å². The van der Waals surface area contributed by atoms with E-state index in [1.54, 1.807) is 0 Å². The molecule has 244 valence electrons. The lowest BCUT2D eigenvalue weighted by molar-refractivity contribution is 1.15. The number of aromatic nitrogens is 2. The highest BCUT2D eigenvalue weighted by molar-refractivity contribution is 8.05. The Morgan fingerprint density at radius 3 is 1.08 bits per heavy atom. The van der Waals surface area contributed by atoms with E-state index in [0.717, 1.165) is 0 Å². The van der Waals surface area contributed by atoms with Crippen molar-refractivity contribution in [3.05, 3.63) is 158 Å². The van der Waals surface area contributed by atoms with Gasteiger partial charge in [0.15, 0.2) is 0 Å². The molecule has 52 heavy (non-hydrogen) atoms. The van der Waals surface area contributed by atoms with Gasteiger partial charge in [-0.1, -0.05) is 132 Å². The van der Waals surface area contributed by atoms with Gasteiger partial charge in [-0.3, -0.25) is 0 Å².